The maximum Gasteiger partial charge on any atom is 0.252 e. The van der Waals surface area contributed by atoms with Crippen LogP contribution in [-0.4, -0.2) is 10.5 Å². The summed E-state index contributed by atoms with van der Waals surface area (Å²) >= 11 is 11.0. The van der Waals surface area contributed by atoms with Gasteiger partial charge in [-0.25, -0.2) is 0 Å². The maximum atomic E-state index is 11.4. The number of carbonyl (C=O) groups excluding carboxylic acids is 2. The highest BCUT2D eigenvalue weighted by Gasteiger charge is 2.22. The van der Waals surface area contributed by atoms with Gasteiger partial charge in [0.15, 0.2) is 0 Å². The van der Waals surface area contributed by atoms with E-state index in [9.17, 15) is 9.59 Å². The van der Waals surface area contributed by atoms with Crippen LogP contribution in [0.15, 0.2) is 42.5 Å². The number of hydrogen-bond acceptors (Lipinski definition) is 2. The molecule has 0 fully saturated rings. The Hall–Kier alpha value is -1.38. The third-order valence-electron chi connectivity index (χ3n) is 2.61. The predicted octanol–water partition coefficient (Wildman–Crippen LogP) is 3.65. The van der Waals surface area contributed by atoms with Crippen LogP contribution in [0.2, 0.25) is 0 Å². The third kappa shape index (κ3) is 2.33. The summed E-state index contributed by atoms with van der Waals surface area (Å²) in [5.74, 6) is -0.133. The Kier molecular flexibility index (Phi) is 3.46. The van der Waals surface area contributed by atoms with Gasteiger partial charge in [-0.15, -0.1) is 0 Å². The van der Waals surface area contributed by atoms with Gasteiger partial charge < -0.3 is 0 Å². The molecule has 4 heteroatoms. The number of halogens is 2. The van der Waals surface area contributed by atoms with E-state index in [1.165, 1.54) is 0 Å². The molecule has 2 nitrogen and oxygen atoms in total. The first-order valence-electron chi connectivity index (χ1n) is 4.99. The molecule has 0 heterocycles. The van der Waals surface area contributed by atoms with Gasteiger partial charge in [-0.05, 0) is 40.9 Å². The normalized spacial score (nSPS) is 14.2. The van der Waals surface area contributed by atoms with E-state index < -0.39 is 10.5 Å². The predicted molar refractivity (Wildman–Crippen MR) is 67.8 cm³/mol. The molecule has 1 aliphatic rings. The van der Waals surface area contributed by atoms with Crippen LogP contribution in [0.5, 0.6) is 0 Å². The van der Waals surface area contributed by atoms with E-state index in [0.717, 1.165) is 0 Å². The van der Waals surface area contributed by atoms with Gasteiger partial charge in [0.05, 0.1) is 0 Å². The van der Waals surface area contributed by atoms with Crippen LogP contribution < -0.4 is 0 Å². The highest BCUT2D eigenvalue weighted by atomic mass is 35.5. The maximum absolute atomic E-state index is 11.4. The zero-order valence-electron chi connectivity index (χ0n) is 8.69. The van der Waals surface area contributed by atoms with Crippen LogP contribution in [-0.2, 0) is 0 Å². The first kappa shape index (κ1) is 12.1. The van der Waals surface area contributed by atoms with Crippen molar-refractivity contribution in [3.63, 3.8) is 0 Å². The van der Waals surface area contributed by atoms with E-state index in [4.69, 9.17) is 23.2 Å². The van der Waals surface area contributed by atoms with Crippen molar-refractivity contribution in [2.75, 3.05) is 0 Å². The minimum Gasteiger partial charge on any atom is -0.276 e. The lowest BCUT2D eigenvalue weighted by Crippen LogP contribution is -2.07. The van der Waals surface area contributed by atoms with Gasteiger partial charge in [-0.1, -0.05) is 30.4 Å². The zero-order valence-corrected chi connectivity index (χ0v) is 10.2. The summed E-state index contributed by atoms with van der Waals surface area (Å²) in [6.45, 7) is 0. The number of allylic oxidation sites excluding steroid dienone is 4. The van der Waals surface area contributed by atoms with Crippen molar-refractivity contribution in [3.8, 4) is 0 Å². The van der Waals surface area contributed by atoms with E-state index >= 15 is 0 Å². The molecular weight excluding hydrogens is 259 g/mol. The number of benzene rings is 1. The highest BCUT2D eigenvalue weighted by Crippen LogP contribution is 2.31. The van der Waals surface area contributed by atoms with Crippen molar-refractivity contribution in [1.29, 1.82) is 0 Å². The SMILES string of the molecule is O=C(Cl)c1cccc(C(=O)Cl)c1C1C=CC=C1. The quantitative estimate of drug-likeness (QED) is 0.783. The second-order valence-electron chi connectivity index (χ2n) is 3.61. The monoisotopic (exact) mass is 266 g/mol. The van der Waals surface area contributed by atoms with Gasteiger partial charge in [-0.3, -0.25) is 9.59 Å². The van der Waals surface area contributed by atoms with Crippen LogP contribution in [0.25, 0.3) is 0 Å². The molecule has 0 spiro atoms. The molecule has 1 aromatic carbocycles. The molecule has 0 aliphatic heterocycles. The summed E-state index contributed by atoms with van der Waals surface area (Å²) < 4.78 is 0. The Morgan fingerprint density at radius 2 is 1.41 bits per heavy atom. The smallest absolute Gasteiger partial charge is 0.252 e. The van der Waals surface area contributed by atoms with Crippen LogP contribution >= 0.6 is 23.2 Å². The summed E-state index contributed by atoms with van der Waals surface area (Å²) in [5.41, 5.74) is 1.20. The zero-order chi connectivity index (χ0) is 12.4. The van der Waals surface area contributed by atoms with E-state index in [1.807, 2.05) is 24.3 Å². The Balaban J connectivity index is 2.66. The second-order valence-corrected chi connectivity index (χ2v) is 4.30. The molecule has 0 unspecified atom stereocenters. The minimum absolute atomic E-state index is 0.133. The molecule has 0 saturated heterocycles. The number of carbonyl (C=O) groups is 2. The summed E-state index contributed by atoms with van der Waals surface area (Å²) in [5, 5.41) is -1.18. The summed E-state index contributed by atoms with van der Waals surface area (Å²) in [4.78, 5) is 22.7. The van der Waals surface area contributed by atoms with Crippen molar-refractivity contribution in [1.82, 2.24) is 0 Å². The number of hydrogen-bond donors (Lipinski definition) is 0. The van der Waals surface area contributed by atoms with Crippen molar-refractivity contribution in [3.05, 3.63) is 59.2 Å². The topological polar surface area (TPSA) is 34.1 Å². The molecule has 0 aromatic heterocycles. The summed E-state index contributed by atoms with van der Waals surface area (Å²) in [7, 11) is 0. The van der Waals surface area contributed by atoms with E-state index in [-0.39, 0.29) is 5.92 Å². The molecule has 0 amide bonds. The molecule has 0 atom stereocenters. The van der Waals surface area contributed by atoms with Crippen LogP contribution in [0, 0.1) is 0 Å². The van der Waals surface area contributed by atoms with Crippen LogP contribution in [0.1, 0.15) is 32.2 Å². The van der Waals surface area contributed by atoms with Crippen molar-refractivity contribution >= 4 is 33.7 Å². The van der Waals surface area contributed by atoms with Gasteiger partial charge in [0, 0.05) is 17.0 Å². The van der Waals surface area contributed by atoms with Gasteiger partial charge >= 0.3 is 0 Å². The lowest BCUT2D eigenvalue weighted by atomic mass is 9.91. The third-order valence-corrected chi connectivity index (χ3v) is 3.02. The standard InChI is InChI=1S/C13H8Cl2O2/c14-12(16)9-6-3-7-10(13(15)17)11(9)8-4-1-2-5-8/h1-8H. The molecule has 2 rings (SSSR count). The van der Waals surface area contributed by atoms with Crippen molar-refractivity contribution in [2.24, 2.45) is 0 Å². The Morgan fingerprint density at radius 1 is 0.941 bits per heavy atom. The molecule has 0 saturated carbocycles. The van der Waals surface area contributed by atoms with Gasteiger partial charge in [0.25, 0.3) is 10.5 Å². The lowest BCUT2D eigenvalue weighted by Gasteiger charge is -2.13. The average Bonchev–Trinajstić information content (AvgIpc) is 2.80. The molecule has 86 valence electrons. The molecule has 0 N–H and O–H groups in total. The van der Waals surface area contributed by atoms with Gasteiger partial charge in [0.2, 0.25) is 0 Å². The van der Waals surface area contributed by atoms with Crippen molar-refractivity contribution in [2.45, 2.75) is 5.92 Å². The fraction of sp³-hybridized carbons (Fsp3) is 0.0769. The number of rotatable bonds is 3. The van der Waals surface area contributed by atoms with Crippen LogP contribution in [0.3, 0.4) is 0 Å². The van der Waals surface area contributed by atoms with Gasteiger partial charge in [-0.2, -0.15) is 0 Å². The fourth-order valence-corrected chi connectivity index (χ4v) is 2.22. The average molecular weight is 267 g/mol. The minimum atomic E-state index is -0.589. The molecule has 0 radical (unpaired) electrons. The molecule has 1 aromatic rings. The largest absolute Gasteiger partial charge is 0.276 e. The van der Waals surface area contributed by atoms with E-state index in [1.54, 1.807) is 18.2 Å². The molecular formula is C13H8Cl2O2. The first-order chi connectivity index (χ1) is 8.11. The summed E-state index contributed by atoms with van der Waals surface area (Å²) in [6.07, 6.45) is 7.45. The second kappa shape index (κ2) is 4.86. The molecule has 17 heavy (non-hydrogen) atoms. The molecule has 1 aliphatic carbocycles. The van der Waals surface area contributed by atoms with Crippen LogP contribution in [0.4, 0.5) is 0 Å². The van der Waals surface area contributed by atoms with Crippen molar-refractivity contribution < 1.29 is 9.59 Å². The Bertz CT molecular complexity index is 500. The Labute approximate surface area is 109 Å². The fourth-order valence-electron chi connectivity index (χ4n) is 1.89. The lowest BCUT2D eigenvalue weighted by molar-refractivity contribution is 0.108. The van der Waals surface area contributed by atoms with E-state index in [2.05, 4.69) is 0 Å². The molecule has 0 bridgehead atoms. The Morgan fingerprint density at radius 3 is 1.82 bits per heavy atom. The van der Waals surface area contributed by atoms with E-state index in [0.29, 0.717) is 16.7 Å². The highest BCUT2D eigenvalue weighted by molar-refractivity contribution is 6.69. The first-order valence-corrected chi connectivity index (χ1v) is 5.74. The van der Waals surface area contributed by atoms with Gasteiger partial charge in [0.1, 0.15) is 0 Å². The summed E-state index contributed by atoms with van der Waals surface area (Å²) in [6, 6.07) is 4.78.